The third-order valence-corrected chi connectivity index (χ3v) is 4.13. The molecule has 2 aromatic carbocycles. The lowest BCUT2D eigenvalue weighted by Crippen LogP contribution is -2.46. The molecule has 23 heavy (non-hydrogen) atoms. The van der Waals surface area contributed by atoms with Gasteiger partial charge in [0, 0.05) is 5.69 Å². The second kappa shape index (κ2) is 7.03. The zero-order valence-electron chi connectivity index (χ0n) is 12.2. The van der Waals surface area contributed by atoms with Crippen molar-refractivity contribution < 1.29 is 18.0 Å². The molecule has 0 aliphatic heterocycles. The number of hydrogen-bond acceptors (Lipinski definition) is 4. The van der Waals surface area contributed by atoms with Gasteiger partial charge in [-0.2, -0.15) is 0 Å². The number of benzene rings is 2. The molecule has 0 heterocycles. The van der Waals surface area contributed by atoms with Gasteiger partial charge < -0.3 is 5.32 Å². The van der Waals surface area contributed by atoms with Crippen LogP contribution in [0.15, 0.2) is 59.5 Å². The topological polar surface area (TPSA) is 104 Å². The Hall–Kier alpha value is -2.71. The van der Waals surface area contributed by atoms with Crippen LogP contribution in [0.5, 0.6) is 0 Å². The summed E-state index contributed by atoms with van der Waals surface area (Å²) in [4.78, 5) is 25.2. The predicted octanol–water partition coefficient (Wildman–Crippen LogP) is 0.943. The van der Waals surface area contributed by atoms with E-state index in [2.05, 4.69) is 5.32 Å². The van der Waals surface area contributed by atoms with E-state index in [9.17, 15) is 18.0 Å². The lowest BCUT2D eigenvalue weighted by atomic mass is 10.2. The summed E-state index contributed by atoms with van der Waals surface area (Å²) in [6.45, 7) is 1.89. The van der Waals surface area contributed by atoms with Crippen molar-refractivity contribution in [2.75, 3.05) is 5.32 Å². The average molecular weight is 333 g/mol. The highest BCUT2D eigenvalue weighted by Crippen LogP contribution is 2.08. The first-order valence-electron chi connectivity index (χ1n) is 6.63. The molecule has 0 aliphatic carbocycles. The van der Waals surface area contributed by atoms with Gasteiger partial charge in [-0.1, -0.05) is 35.9 Å². The van der Waals surface area contributed by atoms with Gasteiger partial charge in [-0.05, 0) is 31.2 Å². The van der Waals surface area contributed by atoms with Gasteiger partial charge in [0.25, 0.3) is 10.0 Å². The van der Waals surface area contributed by atoms with Gasteiger partial charge in [0.15, 0.2) is 0 Å². The molecule has 0 spiro atoms. The van der Waals surface area contributed by atoms with E-state index < -0.39 is 21.8 Å². The van der Waals surface area contributed by atoms with Crippen molar-refractivity contribution in [2.24, 2.45) is 0 Å². The van der Waals surface area contributed by atoms with Crippen LogP contribution >= 0.6 is 0 Å². The summed E-state index contributed by atoms with van der Waals surface area (Å²) >= 11 is 0. The second-order valence-electron chi connectivity index (χ2n) is 4.69. The Balaban J connectivity index is 1.94. The zero-order valence-corrected chi connectivity index (χ0v) is 13.1. The van der Waals surface area contributed by atoms with E-state index in [1.54, 1.807) is 42.5 Å². The number of aryl methyl sites for hydroxylation is 1. The number of anilines is 1. The van der Waals surface area contributed by atoms with Gasteiger partial charge >= 0.3 is 11.8 Å². The van der Waals surface area contributed by atoms with Crippen LogP contribution in [-0.2, 0) is 19.6 Å². The molecule has 120 valence electrons. The van der Waals surface area contributed by atoms with Gasteiger partial charge in [0.1, 0.15) is 0 Å². The number of carbonyl (C=O) groups excluding carboxylic acids is 2. The molecule has 2 amide bonds. The Bertz CT molecular complexity index is 802. The Morgan fingerprint density at radius 1 is 0.870 bits per heavy atom. The van der Waals surface area contributed by atoms with Crippen molar-refractivity contribution in [3.63, 3.8) is 0 Å². The molecule has 0 bridgehead atoms. The Labute approximate surface area is 133 Å². The molecule has 0 fully saturated rings. The molecule has 0 radical (unpaired) electrons. The van der Waals surface area contributed by atoms with E-state index in [1.165, 1.54) is 12.1 Å². The van der Waals surface area contributed by atoms with E-state index in [0.29, 0.717) is 5.69 Å². The molecule has 7 nitrogen and oxygen atoms in total. The van der Waals surface area contributed by atoms with Crippen LogP contribution in [0.25, 0.3) is 0 Å². The van der Waals surface area contributed by atoms with E-state index in [-0.39, 0.29) is 4.90 Å². The van der Waals surface area contributed by atoms with Crippen molar-refractivity contribution in [1.29, 1.82) is 0 Å². The zero-order chi connectivity index (χ0) is 16.9. The Morgan fingerprint density at radius 3 is 2.09 bits per heavy atom. The van der Waals surface area contributed by atoms with Gasteiger partial charge in [0.2, 0.25) is 0 Å². The number of sulfonamides is 1. The van der Waals surface area contributed by atoms with Crippen LogP contribution in [0.1, 0.15) is 5.56 Å². The fourth-order valence-corrected chi connectivity index (χ4v) is 2.51. The minimum absolute atomic E-state index is 0.0285. The largest absolute Gasteiger partial charge is 0.324 e. The van der Waals surface area contributed by atoms with E-state index in [0.717, 1.165) is 5.56 Å². The first-order valence-corrected chi connectivity index (χ1v) is 8.12. The lowest BCUT2D eigenvalue weighted by molar-refractivity contribution is -0.136. The molecular formula is C15H15N3O4S. The summed E-state index contributed by atoms with van der Waals surface area (Å²) in [7, 11) is -3.93. The first-order chi connectivity index (χ1) is 10.9. The summed E-state index contributed by atoms with van der Waals surface area (Å²) in [5.74, 6) is -2.10. The number of hydrazine groups is 1. The number of carbonyl (C=O) groups is 2. The summed E-state index contributed by atoms with van der Waals surface area (Å²) in [5, 5.41) is 2.36. The highest BCUT2D eigenvalue weighted by Gasteiger charge is 2.18. The van der Waals surface area contributed by atoms with Gasteiger partial charge in [-0.3, -0.25) is 15.0 Å². The molecule has 0 saturated carbocycles. The third kappa shape index (κ3) is 4.63. The second-order valence-corrected chi connectivity index (χ2v) is 6.38. The molecule has 0 unspecified atom stereocenters. The van der Waals surface area contributed by atoms with Crippen molar-refractivity contribution in [3.05, 3.63) is 60.2 Å². The van der Waals surface area contributed by atoms with Crippen molar-refractivity contribution in [3.8, 4) is 0 Å². The maximum Gasteiger partial charge on any atom is 0.324 e. The standard InChI is InChI=1S/C15H15N3O4S/c1-11-7-9-12(10-8-11)16-14(19)15(20)17-18-23(21,22)13-5-3-2-4-6-13/h2-10,18H,1H3,(H,16,19)(H,17,20). The molecule has 2 aromatic rings. The van der Waals surface area contributed by atoms with Crippen molar-refractivity contribution in [2.45, 2.75) is 11.8 Å². The molecule has 3 N–H and O–H groups in total. The SMILES string of the molecule is Cc1ccc(NC(=O)C(=O)NNS(=O)(=O)c2ccccc2)cc1. The summed E-state index contributed by atoms with van der Waals surface area (Å²) < 4.78 is 23.8. The quantitative estimate of drug-likeness (QED) is 0.572. The van der Waals surface area contributed by atoms with E-state index >= 15 is 0 Å². The highest BCUT2D eigenvalue weighted by molar-refractivity contribution is 7.89. The monoisotopic (exact) mass is 333 g/mol. The number of rotatable bonds is 4. The molecule has 0 atom stereocenters. The number of amides is 2. The van der Waals surface area contributed by atoms with Gasteiger partial charge in [-0.25, -0.2) is 8.42 Å². The van der Waals surface area contributed by atoms with Crippen molar-refractivity contribution >= 4 is 27.5 Å². The lowest BCUT2D eigenvalue weighted by Gasteiger charge is -2.09. The van der Waals surface area contributed by atoms with Crippen LogP contribution in [0.3, 0.4) is 0 Å². The molecule has 0 aromatic heterocycles. The number of hydrogen-bond donors (Lipinski definition) is 3. The first kappa shape index (κ1) is 16.7. The Kier molecular flexibility index (Phi) is 5.09. The minimum atomic E-state index is -3.93. The van der Waals surface area contributed by atoms with Crippen LogP contribution < -0.4 is 15.6 Å². The van der Waals surface area contributed by atoms with Crippen LogP contribution in [0, 0.1) is 6.92 Å². The molecule has 0 saturated heterocycles. The van der Waals surface area contributed by atoms with Gasteiger partial charge in [0.05, 0.1) is 4.90 Å². The highest BCUT2D eigenvalue weighted by atomic mass is 32.2. The molecule has 0 aliphatic rings. The summed E-state index contributed by atoms with van der Waals surface area (Å²) in [6, 6.07) is 14.3. The number of nitrogens with one attached hydrogen (secondary N) is 3. The normalized spacial score (nSPS) is 10.8. The fraction of sp³-hybridized carbons (Fsp3) is 0.0667. The summed E-state index contributed by atoms with van der Waals surface area (Å²) in [6.07, 6.45) is 0. The summed E-state index contributed by atoms with van der Waals surface area (Å²) in [5.41, 5.74) is 3.30. The maximum absolute atomic E-state index is 11.9. The van der Waals surface area contributed by atoms with Crippen molar-refractivity contribution in [1.82, 2.24) is 10.3 Å². The van der Waals surface area contributed by atoms with E-state index in [4.69, 9.17) is 0 Å². The van der Waals surface area contributed by atoms with Gasteiger partial charge in [-0.15, -0.1) is 4.83 Å². The molecule has 8 heteroatoms. The van der Waals surface area contributed by atoms with Crippen LogP contribution in [0.4, 0.5) is 5.69 Å². The third-order valence-electron chi connectivity index (χ3n) is 2.87. The van der Waals surface area contributed by atoms with Crippen LogP contribution in [-0.4, -0.2) is 20.2 Å². The average Bonchev–Trinajstić information content (AvgIpc) is 2.55. The van der Waals surface area contributed by atoms with E-state index in [1.807, 2.05) is 17.2 Å². The molecular weight excluding hydrogens is 318 g/mol. The Morgan fingerprint density at radius 2 is 1.48 bits per heavy atom. The smallest absolute Gasteiger partial charge is 0.318 e. The minimum Gasteiger partial charge on any atom is -0.318 e. The molecule has 2 rings (SSSR count). The fourth-order valence-electron chi connectivity index (χ4n) is 1.65. The predicted molar refractivity (Wildman–Crippen MR) is 84.7 cm³/mol. The maximum atomic E-state index is 11.9. The van der Waals surface area contributed by atoms with Crippen LogP contribution in [0.2, 0.25) is 0 Å².